The fourth-order valence-corrected chi connectivity index (χ4v) is 5.18. The number of carbonyl (C=O) groups excluding carboxylic acids is 3. The zero-order valence-corrected chi connectivity index (χ0v) is 18.5. The van der Waals surface area contributed by atoms with Crippen LogP contribution in [-0.4, -0.2) is 58.9 Å². The smallest absolute Gasteiger partial charge is 0.292 e. The third-order valence-electron chi connectivity index (χ3n) is 6.30. The minimum absolute atomic E-state index is 0.0829. The molecule has 4 heterocycles. The zero-order chi connectivity index (χ0) is 22.0. The Bertz CT molecular complexity index is 960. The summed E-state index contributed by atoms with van der Waals surface area (Å²) < 4.78 is 5.35. The third kappa shape index (κ3) is 4.66. The van der Waals surface area contributed by atoms with Crippen LogP contribution >= 0.6 is 11.3 Å². The number of likely N-dealkylation sites (tertiary alicyclic amines) is 2. The number of primary amides is 1. The van der Waals surface area contributed by atoms with Crippen LogP contribution in [0.5, 0.6) is 0 Å². The molecular formula is C22H28N4O4S. The maximum atomic E-state index is 12.8. The second-order valence-corrected chi connectivity index (χ2v) is 9.33. The highest BCUT2D eigenvalue weighted by molar-refractivity contribution is 7.10. The molecule has 2 fully saturated rings. The Morgan fingerprint density at radius 1 is 1.13 bits per heavy atom. The molecule has 0 unspecified atom stereocenters. The predicted molar refractivity (Wildman–Crippen MR) is 116 cm³/mol. The molecule has 4 rings (SSSR count). The van der Waals surface area contributed by atoms with Gasteiger partial charge in [0.15, 0.2) is 0 Å². The van der Waals surface area contributed by atoms with Gasteiger partial charge in [0.25, 0.3) is 11.8 Å². The molecule has 0 bridgehead atoms. The first-order valence-corrected chi connectivity index (χ1v) is 11.8. The normalized spacial score (nSPS) is 20.1. The van der Waals surface area contributed by atoms with E-state index in [-0.39, 0.29) is 35.3 Å². The van der Waals surface area contributed by atoms with Crippen molar-refractivity contribution in [2.45, 2.75) is 44.9 Å². The van der Waals surface area contributed by atoms with Crippen molar-refractivity contribution in [2.24, 2.45) is 11.7 Å². The van der Waals surface area contributed by atoms with Crippen LogP contribution in [-0.2, 0) is 11.2 Å². The Balaban J connectivity index is 1.34. The van der Waals surface area contributed by atoms with Gasteiger partial charge in [-0.1, -0.05) is 12.1 Å². The number of hydrogen-bond donors (Lipinski definition) is 1. The fourth-order valence-electron chi connectivity index (χ4n) is 4.37. The molecule has 2 saturated heterocycles. The molecule has 2 aliphatic rings. The monoisotopic (exact) mass is 444 g/mol. The van der Waals surface area contributed by atoms with Crippen molar-refractivity contribution >= 4 is 29.1 Å². The van der Waals surface area contributed by atoms with E-state index >= 15 is 0 Å². The molecule has 31 heavy (non-hydrogen) atoms. The first-order valence-electron chi connectivity index (χ1n) is 10.9. The van der Waals surface area contributed by atoms with Crippen LogP contribution in [0.1, 0.15) is 70.0 Å². The second kappa shape index (κ2) is 9.21. The van der Waals surface area contributed by atoms with Crippen LogP contribution in [0.15, 0.2) is 22.0 Å². The van der Waals surface area contributed by atoms with E-state index in [4.69, 9.17) is 10.3 Å². The average Bonchev–Trinajstić information content (AvgIpc) is 3.48. The Kier molecular flexibility index (Phi) is 6.41. The van der Waals surface area contributed by atoms with Gasteiger partial charge < -0.3 is 20.1 Å². The van der Waals surface area contributed by atoms with E-state index in [1.54, 1.807) is 22.3 Å². The molecule has 2 aromatic heterocycles. The van der Waals surface area contributed by atoms with Gasteiger partial charge in [-0.25, -0.2) is 0 Å². The van der Waals surface area contributed by atoms with Gasteiger partial charge in [0, 0.05) is 48.4 Å². The molecule has 2 aromatic rings. The summed E-state index contributed by atoms with van der Waals surface area (Å²) in [6.07, 6.45) is 3.96. The molecule has 0 aliphatic carbocycles. The second-order valence-electron chi connectivity index (χ2n) is 8.33. The Morgan fingerprint density at radius 2 is 1.90 bits per heavy atom. The number of carbonyl (C=O) groups is 3. The number of thiophene rings is 1. The molecule has 2 aliphatic heterocycles. The Labute approximate surface area is 185 Å². The van der Waals surface area contributed by atoms with E-state index in [2.05, 4.69) is 12.1 Å². The van der Waals surface area contributed by atoms with E-state index in [0.717, 1.165) is 36.9 Å². The first-order chi connectivity index (χ1) is 15.0. The van der Waals surface area contributed by atoms with Gasteiger partial charge in [0.2, 0.25) is 11.7 Å². The molecule has 0 spiro atoms. The molecule has 3 amide bonds. The lowest BCUT2D eigenvalue weighted by Crippen LogP contribution is -2.44. The van der Waals surface area contributed by atoms with Gasteiger partial charge in [-0.05, 0) is 38.2 Å². The highest BCUT2D eigenvalue weighted by Gasteiger charge is 2.31. The van der Waals surface area contributed by atoms with Crippen LogP contribution in [0.3, 0.4) is 0 Å². The number of amides is 3. The van der Waals surface area contributed by atoms with Crippen LogP contribution in [0.2, 0.25) is 0 Å². The number of piperidine rings is 2. The minimum Gasteiger partial charge on any atom is -0.369 e. The van der Waals surface area contributed by atoms with Crippen LogP contribution in [0.4, 0.5) is 0 Å². The quantitative estimate of drug-likeness (QED) is 0.762. The summed E-state index contributed by atoms with van der Waals surface area (Å²) in [5.41, 5.74) is 6.93. The number of aromatic nitrogens is 1. The highest BCUT2D eigenvalue weighted by atomic mass is 32.1. The molecule has 0 saturated carbocycles. The summed E-state index contributed by atoms with van der Waals surface area (Å²) in [5.74, 6) is -0.489. The van der Waals surface area contributed by atoms with Crippen LogP contribution < -0.4 is 5.73 Å². The summed E-state index contributed by atoms with van der Waals surface area (Å²) in [4.78, 5) is 41.7. The topological polar surface area (TPSA) is 110 Å². The SMILES string of the molecule is CCc1cc(C(=O)N2CCC(c3cc(C(=O)N4CCC[C@@H](C(N)=O)C4)on3)CC2)cs1. The van der Waals surface area contributed by atoms with Crippen molar-refractivity contribution in [3.8, 4) is 0 Å². The van der Waals surface area contributed by atoms with E-state index in [1.807, 2.05) is 16.3 Å². The summed E-state index contributed by atoms with van der Waals surface area (Å²) in [7, 11) is 0. The molecule has 2 N–H and O–H groups in total. The van der Waals surface area contributed by atoms with Crippen LogP contribution in [0.25, 0.3) is 0 Å². The van der Waals surface area contributed by atoms with E-state index in [9.17, 15) is 14.4 Å². The summed E-state index contributed by atoms with van der Waals surface area (Å²) in [6, 6.07) is 3.70. The van der Waals surface area contributed by atoms with Gasteiger partial charge in [-0.3, -0.25) is 14.4 Å². The first kappa shape index (κ1) is 21.5. The number of nitrogens with two attached hydrogens (primary N) is 1. The number of rotatable bonds is 5. The Morgan fingerprint density at radius 3 is 2.58 bits per heavy atom. The van der Waals surface area contributed by atoms with Crippen molar-refractivity contribution in [3.63, 3.8) is 0 Å². The molecule has 0 aromatic carbocycles. The van der Waals surface area contributed by atoms with Crippen molar-refractivity contribution in [3.05, 3.63) is 39.4 Å². The lowest BCUT2D eigenvalue weighted by Gasteiger charge is -2.31. The minimum atomic E-state index is -0.370. The van der Waals surface area contributed by atoms with Gasteiger partial charge in [0.1, 0.15) is 0 Å². The molecular weight excluding hydrogens is 416 g/mol. The van der Waals surface area contributed by atoms with Crippen molar-refractivity contribution in [1.29, 1.82) is 0 Å². The standard InChI is InChI=1S/C22H28N4O4S/c1-2-17-10-16(13-31-17)21(28)25-8-5-14(6-9-25)18-11-19(30-24-18)22(29)26-7-3-4-15(12-26)20(23)27/h10-11,13-15H,2-9,12H2,1H3,(H2,23,27)/t15-/m1/s1. The number of aryl methyl sites for hydroxylation is 1. The maximum Gasteiger partial charge on any atom is 0.292 e. The molecule has 166 valence electrons. The molecule has 8 nitrogen and oxygen atoms in total. The summed E-state index contributed by atoms with van der Waals surface area (Å²) >= 11 is 1.63. The molecule has 0 radical (unpaired) electrons. The van der Waals surface area contributed by atoms with Gasteiger partial charge in [-0.15, -0.1) is 11.3 Å². The maximum absolute atomic E-state index is 12.8. The largest absolute Gasteiger partial charge is 0.369 e. The highest BCUT2D eigenvalue weighted by Crippen LogP contribution is 2.29. The van der Waals surface area contributed by atoms with E-state index in [0.29, 0.717) is 32.6 Å². The third-order valence-corrected chi connectivity index (χ3v) is 7.38. The number of hydrogen-bond acceptors (Lipinski definition) is 6. The Hall–Kier alpha value is -2.68. The van der Waals surface area contributed by atoms with Crippen molar-refractivity contribution in [2.75, 3.05) is 26.2 Å². The van der Waals surface area contributed by atoms with Crippen molar-refractivity contribution < 1.29 is 18.9 Å². The van der Waals surface area contributed by atoms with Crippen molar-refractivity contribution in [1.82, 2.24) is 15.0 Å². The van der Waals surface area contributed by atoms with E-state index in [1.165, 1.54) is 4.88 Å². The fraction of sp³-hybridized carbons (Fsp3) is 0.545. The lowest BCUT2D eigenvalue weighted by atomic mass is 9.93. The summed E-state index contributed by atoms with van der Waals surface area (Å²) in [6.45, 7) is 4.31. The van der Waals surface area contributed by atoms with Gasteiger partial charge in [0.05, 0.1) is 17.2 Å². The van der Waals surface area contributed by atoms with Crippen LogP contribution in [0, 0.1) is 5.92 Å². The van der Waals surface area contributed by atoms with E-state index < -0.39 is 0 Å². The van der Waals surface area contributed by atoms with Gasteiger partial charge >= 0.3 is 0 Å². The lowest BCUT2D eigenvalue weighted by molar-refractivity contribution is -0.123. The number of nitrogens with zero attached hydrogens (tertiary/aromatic N) is 3. The van der Waals surface area contributed by atoms with Gasteiger partial charge in [-0.2, -0.15) is 0 Å². The molecule has 1 atom stereocenters. The zero-order valence-electron chi connectivity index (χ0n) is 17.7. The predicted octanol–water partition coefficient (Wildman–Crippen LogP) is 2.66. The summed E-state index contributed by atoms with van der Waals surface area (Å²) in [5, 5.41) is 6.07. The molecule has 9 heteroatoms. The average molecular weight is 445 g/mol.